The summed E-state index contributed by atoms with van der Waals surface area (Å²) in [7, 11) is -2.88. The highest BCUT2D eigenvalue weighted by atomic mass is 32.2. The van der Waals surface area contributed by atoms with Crippen LogP contribution in [0.1, 0.15) is 5.56 Å². The monoisotopic (exact) mass is 448 g/mol. The number of ether oxygens (including phenoxy) is 1. The minimum Gasteiger partial charge on any atom is -0.445 e. The molecule has 1 aromatic carbocycles. The number of amides is 1. The molecule has 0 aromatic heterocycles. The number of nitrogens with zero attached hydrogens (tertiary/aromatic N) is 2. The average molecular weight is 449 g/mol. The van der Waals surface area contributed by atoms with E-state index in [4.69, 9.17) is 10.5 Å². The van der Waals surface area contributed by atoms with E-state index in [0.29, 0.717) is 6.07 Å². The summed E-state index contributed by atoms with van der Waals surface area (Å²) in [6.45, 7) is 2.69. The first-order valence-corrected chi connectivity index (χ1v) is 11.2. The number of carbonyl (C=O) groups excluding carboxylic acids is 1. The van der Waals surface area contributed by atoms with E-state index in [9.17, 15) is 22.0 Å². The quantitative estimate of drug-likeness (QED) is 0.386. The SMILES string of the molecule is C=CCOC(=O)N1C[C@@H](S(=O)(=O)NC)[C@@](N=C(N)SC)(c2ccc(F)cc2F)C1. The van der Waals surface area contributed by atoms with Crippen molar-refractivity contribution in [3.05, 3.63) is 48.1 Å². The molecule has 1 aliphatic heterocycles. The number of hydrogen-bond acceptors (Lipinski definition) is 6. The molecule has 160 valence electrons. The number of nitrogens with one attached hydrogen (secondary N) is 1. The Kier molecular flexibility index (Phi) is 7.25. The number of nitrogens with two attached hydrogens (primary N) is 1. The summed E-state index contributed by atoms with van der Waals surface area (Å²) in [5.41, 5.74) is 3.86. The maximum atomic E-state index is 14.8. The highest BCUT2D eigenvalue weighted by Gasteiger charge is 2.56. The summed E-state index contributed by atoms with van der Waals surface area (Å²) in [5, 5.41) is -1.42. The number of sulfonamides is 1. The van der Waals surface area contributed by atoms with E-state index in [1.165, 1.54) is 13.1 Å². The Morgan fingerprint density at radius 3 is 2.79 bits per heavy atom. The fourth-order valence-corrected chi connectivity index (χ4v) is 4.86. The van der Waals surface area contributed by atoms with Gasteiger partial charge >= 0.3 is 6.09 Å². The fourth-order valence-electron chi connectivity index (χ4n) is 3.18. The Labute approximate surface area is 172 Å². The highest BCUT2D eigenvalue weighted by molar-refractivity contribution is 8.13. The summed E-state index contributed by atoms with van der Waals surface area (Å²) < 4.78 is 61.1. The van der Waals surface area contributed by atoms with Crippen LogP contribution < -0.4 is 10.5 Å². The highest BCUT2D eigenvalue weighted by Crippen LogP contribution is 2.42. The number of thioether (sulfide) groups is 1. The Bertz CT molecular complexity index is 926. The van der Waals surface area contributed by atoms with Crippen LogP contribution in [-0.2, 0) is 20.3 Å². The van der Waals surface area contributed by atoms with Crippen molar-refractivity contribution in [2.75, 3.05) is 33.0 Å². The molecule has 2 atom stereocenters. The number of amidine groups is 1. The van der Waals surface area contributed by atoms with Crippen LogP contribution in [-0.4, -0.2) is 62.8 Å². The van der Waals surface area contributed by atoms with E-state index in [1.54, 1.807) is 6.26 Å². The number of aliphatic imine (C=N–C) groups is 1. The van der Waals surface area contributed by atoms with Crippen LogP contribution in [0.4, 0.5) is 13.6 Å². The van der Waals surface area contributed by atoms with Crippen molar-refractivity contribution in [1.29, 1.82) is 0 Å². The Balaban J connectivity index is 2.72. The van der Waals surface area contributed by atoms with Gasteiger partial charge in [0.25, 0.3) is 0 Å². The molecule has 0 radical (unpaired) electrons. The maximum absolute atomic E-state index is 14.8. The second-order valence-electron chi connectivity index (χ2n) is 6.19. The van der Waals surface area contributed by atoms with E-state index >= 15 is 0 Å². The van der Waals surface area contributed by atoms with Crippen LogP contribution in [0, 0.1) is 11.6 Å². The predicted octanol–water partition coefficient (Wildman–Crippen LogP) is 1.39. The molecule has 0 aliphatic carbocycles. The fraction of sp³-hybridized carbons (Fsp3) is 0.412. The maximum Gasteiger partial charge on any atom is 0.410 e. The molecule has 0 spiro atoms. The number of benzene rings is 1. The molecule has 8 nitrogen and oxygen atoms in total. The zero-order valence-corrected chi connectivity index (χ0v) is 17.5. The molecule has 0 bridgehead atoms. The molecule has 1 aliphatic rings. The van der Waals surface area contributed by atoms with Gasteiger partial charge in [-0.3, -0.25) is 0 Å². The van der Waals surface area contributed by atoms with Crippen LogP contribution >= 0.6 is 11.8 Å². The number of hydrogen-bond donors (Lipinski definition) is 2. The van der Waals surface area contributed by atoms with Crippen LogP contribution in [0.25, 0.3) is 0 Å². The molecule has 3 N–H and O–H groups in total. The molecular formula is C17H22F2N4O4S2. The summed E-state index contributed by atoms with van der Waals surface area (Å²) in [6, 6.07) is 2.73. The molecule has 1 saturated heterocycles. The van der Waals surface area contributed by atoms with E-state index in [-0.39, 0.29) is 30.4 Å². The molecule has 1 amide bonds. The van der Waals surface area contributed by atoms with E-state index in [2.05, 4.69) is 16.3 Å². The third-order valence-corrected chi connectivity index (χ3v) is 6.88. The molecular weight excluding hydrogens is 426 g/mol. The van der Waals surface area contributed by atoms with Gasteiger partial charge in [0, 0.05) is 18.2 Å². The topological polar surface area (TPSA) is 114 Å². The van der Waals surface area contributed by atoms with Crippen molar-refractivity contribution in [2.24, 2.45) is 10.7 Å². The third kappa shape index (κ3) is 4.70. The number of halogens is 2. The summed E-state index contributed by atoms with van der Waals surface area (Å²) in [6.07, 6.45) is 2.15. The lowest BCUT2D eigenvalue weighted by atomic mass is 9.88. The number of carbonyl (C=O) groups is 1. The van der Waals surface area contributed by atoms with Gasteiger partial charge in [-0.2, -0.15) is 0 Å². The van der Waals surface area contributed by atoms with Gasteiger partial charge in [0.1, 0.15) is 29.0 Å². The molecule has 1 fully saturated rings. The summed E-state index contributed by atoms with van der Waals surface area (Å²) in [4.78, 5) is 17.8. The number of rotatable bonds is 6. The van der Waals surface area contributed by atoms with Gasteiger partial charge in [0.05, 0.1) is 6.54 Å². The summed E-state index contributed by atoms with van der Waals surface area (Å²) >= 11 is 1.03. The normalized spacial score (nSPS) is 22.6. The first-order chi connectivity index (χ1) is 13.6. The molecule has 2 rings (SSSR count). The van der Waals surface area contributed by atoms with Crippen molar-refractivity contribution < 1.29 is 26.7 Å². The zero-order chi connectivity index (χ0) is 21.8. The van der Waals surface area contributed by atoms with Crippen LogP contribution in [0.2, 0.25) is 0 Å². The Morgan fingerprint density at radius 1 is 1.55 bits per heavy atom. The molecule has 12 heteroatoms. The molecule has 29 heavy (non-hydrogen) atoms. The van der Waals surface area contributed by atoms with Gasteiger partial charge < -0.3 is 15.4 Å². The second-order valence-corrected chi connectivity index (χ2v) is 9.08. The predicted molar refractivity (Wildman–Crippen MR) is 108 cm³/mol. The lowest BCUT2D eigenvalue weighted by Gasteiger charge is -2.31. The van der Waals surface area contributed by atoms with Gasteiger partial charge in [0.15, 0.2) is 5.17 Å². The van der Waals surface area contributed by atoms with E-state index < -0.39 is 38.5 Å². The standard InChI is InChI=1S/C17H22F2N4O4S2/c1-4-7-27-16(24)23-9-14(29(25,26)21-2)17(10-23,22-15(20)28-3)12-6-5-11(18)8-13(12)19/h4-6,8,14,21H,1,7,9-10H2,2-3H3,(H2,20,22)/t14-,17+/m1/s1. The third-order valence-electron chi connectivity index (χ3n) is 4.51. The molecule has 1 heterocycles. The van der Waals surface area contributed by atoms with Gasteiger partial charge in [-0.15, -0.1) is 0 Å². The van der Waals surface area contributed by atoms with Gasteiger partial charge in [-0.1, -0.05) is 30.5 Å². The zero-order valence-electron chi connectivity index (χ0n) is 15.9. The minimum atomic E-state index is -4.07. The van der Waals surface area contributed by atoms with Crippen molar-refractivity contribution in [3.8, 4) is 0 Å². The average Bonchev–Trinajstić information content (AvgIpc) is 3.06. The first-order valence-electron chi connectivity index (χ1n) is 8.41. The van der Waals surface area contributed by atoms with Crippen molar-refractivity contribution in [2.45, 2.75) is 10.8 Å². The molecule has 0 saturated carbocycles. The van der Waals surface area contributed by atoms with Crippen LogP contribution in [0.5, 0.6) is 0 Å². The number of likely N-dealkylation sites (tertiary alicyclic amines) is 1. The van der Waals surface area contributed by atoms with Gasteiger partial charge in [-0.25, -0.2) is 31.7 Å². The Hall–Kier alpha value is -2.18. The minimum absolute atomic E-state index is 0.0219. The smallest absolute Gasteiger partial charge is 0.410 e. The molecule has 1 aromatic rings. The van der Waals surface area contributed by atoms with Crippen molar-refractivity contribution >= 4 is 33.0 Å². The molecule has 0 unspecified atom stereocenters. The lowest BCUT2D eigenvalue weighted by molar-refractivity contribution is 0.119. The summed E-state index contributed by atoms with van der Waals surface area (Å²) in [5.74, 6) is -1.84. The first kappa shape index (κ1) is 23.1. The van der Waals surface area contributed by atoms with E-state index in [0.717, 1.165) is 28.8 Å². The van der Waals surface area contributed by atoms with Gasteiger partial charge in [0.2, 0.25) is 10.0 Å². The lowest BCUT2D eigenvalue weighted by Crippen LogP contribution is -2.47. The van der Waals surface area contributed by atoms with Gasteiger partial charge in [-0.05, 0) is 19.4 Å². The Morgan fingerprint density at radius 2 is 2.24 bits per heavy atom. The van der Waals surface area contributed by atoms with Crippen LogP contribution in [0.3, 0.4) is 0 Å². The van der Waals surface area contributed by atoms with Crippen molar-refractivity contribution in [1.82, 2.24) is 9.62 Å². The van der Waals surface area contributed by atoms with Crippen LogP contribution in [0.15, 0.2) is 35.8 Å². The second kappa shape index (κ2) is 9.09. The van der Waals surface area contributed by atoms with Crippen molar-refractivity contribution in [3.63, 3.8) is 0 Å². The van der Waals surface area contributed by atoms with E-state index in [1.807, 2.05) is 0 Å². The largest absolute Gasteiger partial charge is 0.445 e.